The van der Waals surface area contributed by atoms with Gasteiger partial charge in [-0.3, -0.25) is 14.4 Å². The van der Waals surface area contributed by atoms with Crippen molar-refractivity contribution in [2.75, 3.05) is 5.32 Å². The largest absolute Gasteiger partial charge is 0.331 e. The summed E-state index contributed by atoms with van der Waals surface area (Å²) < 4.78 is 30.8. The zero-order valence-electron chi connectivity index (χ0n) is 15.1. The number of carbonyl (C=O) groups excluding carboxylic acids is 1. The van der Waals surface area contributed by atoms with Crippen LogP contribution in [0.5, 0.6) is 0 Å². The second-order valence-electron chi connectivity index (χ2n) is 6.48. The van der Waals surface area contributed by atoms with E-state index in [0.717, 1.165) is 17.5 Å². The molecular weight excluding hydrogens is 381 g/mol. The van der Waals surface area contributed by atoms with E-state index in [-0.39, 0.29) is 10.8 Å². The number of amides is 2. The van der Waals surface area contributed by atoms with E-state index in [4.69, 9.17) is 0 Å². The summed E-state index contributed by atoms with van der Waals surface area (Å²) in [5, 5.41) is 7.05. The van der Waals surface area contributed by atoms with Gasteiger partial charge in [0, 0.05) is 31.2 Å². The average Bonchev–Trinajstić information content (AvgIpc) is 3.34. The van der Waals surface area contributed by atoms with Crippen molar-refractivity contribution in [2.45, 2.75) is 24.3 Å². The van der Waals surface area contributed by atoms with E-state index in [1.165, 1.54) is 10.7 Å². The highest BCUT2D eigenvalue weighted by Gasteiger charge is 2.24. The fourth-order valence-corrected chi connectivity index (χ4v) is 4.11. The maximum absolute atomic E-state index is 14.6. The van der Waals surface area contributed by atoms with Gasteiger partial charge in [-0.2, -0.15) is 5.10 Å². The van der Waals surface area contributed by atoms with Crippen LogP contribution in [0.25, 0.3) is 11.1 Å². The van der Waals surface area contributed by atoms with Gasteiger partial charge in [-0.25, -0.2) is 13.4 Å². The van der Waals surface area contributed by atoms with E-state index in [9.17, 15) is 13.4 Å². The molecule has 4 rings (SSSR count). The molecule has 9 heteroatoms. The van der Waals surface area contributed by atoms with Crippen molar-refractivity contribution in [1.29, 1.82) is 0 Å². The minimum atomic E-state index is -1.80. The smallest absolute Gasteiger partial charge is 0.306 e. The minimum Gasteiger partial charge on any atom is -0.306 e. The van der Waals surface area contributed by atoms with E-state index >= 15 is 0 Å². The second kappa shape index (κ2) is 7.51. The van der Waals surface area contributed by atoms with Crippen molar-refractivity contribution in [3.8, 4) is 11.1 Å². The van der Waals surface area contributed by atoms with E-state index in [1.54, 1.807) is 43.8 Å². The van der Waals surface area contributed by atoms with Gasteiger partial charge in [0.25, 0.3) is 0 Å². The number of urea groups is 1. The van der Waals surface area contributed by atoms with Crippen LogP contribution >= 0.6 is 0 Å². The van der Waals surface area contributed by atoms with E-state index in [0.29, 0.717) is 29.7 Å². The first-order chi connectivity index (χ1) is 13.5. The second-order valence-corrected chi connectivity index (χ2v) is 7.64. The highest BCUT2D eigenvalue weighted by atomic mass is 32.2. The van der Waals surface area contributed by atoms with Gasteiger partial charge in [-0.05, 0) is 60.2 Å². The Bertz CT molecular complexity index is 1070. The molecule has 2 N–H and O–H groups in total. The first kappa shape index (κ1) is 18.3. The SMILES string of the molecule is Cn1ccc(S(=O)NC(=O)Nc2c(-c3ccncc3)cc(F)c3c2CCC3)n1. The summed E-state index contributed by atoms with van der Waals surface area (Å²) in [7, 11) is -0.100. The molecule has 3 aromatic rings. The third-order valence-corrected chi connectivity index (χ3v) is 5.61. The number of benzene rings is 1. The van der Waals surface area contributed by atoms with Crippen LogP contribution in [0.15, 0.2) is 47.9 Å². The molecule has 2 heterocycles. The molecule has 1 atom stereocenters. The Hall–Kier alpha value is -3.07. The predicted octanol–water partition coefficient (Wildman–Crippen LogP) is 2.95. The Labute approximate surface area is 163 Å². The van der Waals surface area contributed by atoms with Gasteiger partial charge >= 0.3 is 6.03 Å². The maximum Gasteiger partial charge on any atom is 0.331 e. The zero-order chi connectivity index (χ0) is 19.7. The molecule has 1 aromatic carbocycles. The molecule has 2 amide bonds. The van der Waals surface area contributed by atoms with Crippen LogP contribution in [0.4, 0.5) is 14.9 Å². The van der Waals surface area contributed by atoms with Crippen molar-refractivity contribution < 1.29 is 13.4 Å². The molecule has 0 saturated heterocycles. The maximum atomic E-state index is 14.6. The molecule has 0 spiro atoms. The number of carbonyl (C=O) groups is 1. The third-order valence-electron chi connectivity index (χ3n) is 4.64. The summed E-state index contributed by atoms with van der Waals surface area (Å²) in [5.41, 5.74) is 3.25. The molecule has 2 aromatic heterocycles. The number of pyridine rings is 1. The molecule has 0 fully saturated rings. The summed E-state index contributed by atoms with van der Waals surface area (Å²) in [6, 6.07) is 5.87. The summed E-state index contributed by atoms with van der Waals surface area (Å²) in [5.74, 6) is -0.276. The van der Waals surface area contributed by atoms with Crippen LogP contribution in [0.3, 0.4) is 0 Å². The van der Waals surface area contributed by atoms with Gasteiger partial charge in [-0.1, -0.05) is 0 Å². The number of halogens is 1. The number of hydrogen-bond donors (Lipinski definition) is 2. The van der Waals surface area contributed by atoms with Gasteiger partial charge in [0.1, 0.15) is 5.82 Å². The number of fused-ring (bicyclic) bond motifs is 1. The minimum absolute atomic E-state index is 0.247. The summed E-state index contributed by atoms with van der Waals surface area (Å²) in [6.07, 6.45) is 6.99. The quantitative estimate of drug-likeness (QED) is 0.706. The summed E-state index contributed by atoms with van der Waals surface area (Å²) >= 11 is 0. The zero-order valence-corrected chi connectivity index (χ0v) is 15.9. The van der Waals surface area contributed by atoms with Gasteiger partial charge in [0.05, 0.1) is 5.69 Å². The van der Waals surface area contributed by atoms with Crippen molar-refractivity contribution in [2.24, 2.45) is 7.05 Å². The average molecular weight is 399 g/mol. The van der Waals surface area contributed by atoms with E-state index in [1.807, 2.05) is 0 Å². The lowest BCUT2D eigenvalue weighted by atomic mass is 9.97. The molecule has 1 aliphatic rings. The normalized spacial score (nSPS) is 13.8. The Morgan fingerprint density at radius 2 is 1.96 bits per heavy atom. The van der Waals surface area contributed by atoms with Crippen LogP contribution in [0.2, 0.25) is 0 Å². The molecule has 0 radical (unpaired) electrons. The first-order valence-corrected chi connectivity index (χ1v) is 9.91. The molecular formula is C19H18FN5O2S. The van der Waals surface area contributed by atoms with Crippen LogP contribution in [-0.4, -0.2) is 25.0 Å². The third kappa shape index (κ3) is 3.53. The van der Waals surface area contributed by atoms with Crippen LogP contribution in [0, 0.1) is 5.82 Å². The van der Waals surface area contributed by atoms with Crippen molar-refractivity contribution in [3.05, 3.63) is 59.8 Å². The number of rotatable bonds is 4. The fourth-order valence-electron chi connectivity index (χ4n) is 3.40. The van der Waals surface area contributed by atoms with Gasteiger partial charge in [0.15, 0.2) is 16.0 Å². The Balaban J connectivity index is 1.66. The Kier molecular flexibility index (Phi) is 4.91. The summed E-state index contributed by atoms with van der Waals surface area (Å²) in [4.78, 5) is 16.5. The van der Waals surface area contributed by atoms with Crippen molar-refractivity contribution in [1.82, 2.24) is 19.5 Å². The van der Waals surface area contributed by atoms with Crippen LogP contribution < -0.4 is 10.0 Å². The molecule has 0 bridgehead atoms. The molecule has 7 nitrogen and oxygen atoms in total. The lowest BCUT2D eigenvalue weighted by molar-refractivity contribution is 0.257. The molecule has 1 aliphatic carbocycles. The van der Waals surface area contributed by atoms with E-state index < -0.39 is 17.0 Å². The Morgan fingerprint density at radius 1 is 1.21 bits per heavy atom. The highest BCUT2D eigenvalue weighted by molar-refractivity contribution is 7.83. The van der Waals surface area contributed by atoms with Gasteiger partial charge < -0.3 is 5.32 Å². The molecule has 1 unspecified atom stereocenters. The monoisotopic (exact) mass is 399 g/mol. The van der Waals surface area contributed by atoms with Crippen LogP contribution in [0.1, 0.15) is 17.5 Å². The van der Waals surface area contributed by atoms with E-state index in [2.05, 4.69) is 20.1 Å². The molecule has 28 heavy (non-hydrogen) atoms. The van der Waals surface area contributed by atoms with Crippen molar-refractivity contribution >= 4 is 22.7 Å². The lowest BCUT2D eigenvalue weighted by Crippen LogP contribution is -2.31. The predicted molar refractivity (Wildman–Crippen MR) is 103 cm³/mol. The number of hydrogen-bond acceptors (Lipinski definition) is 4. The molecule has 0 aliphatic heterocycles. The Morgan fingerprint density at radius 3 is 2.68 bits per heavy atom. The number of aryl methyl sites for hydroxylation is 1. The summed E-state index contributed by atoms with van der Waals surface area (Å²) in [6.45, 7) is 0. The number of nitrogens with one attached hydrogen (secondary N) is 2. The highest BCUT2D eigenvalue weighted by Crippen LogP contribution is 2.39. The van der Waals surface area contributed by atoms with Crippen LogP contribution in [-0.2, 0) is 30.9 Å². The first-order valence-electron chi connectivity index (χ1n) is 8.76. The number of anilines is 1. The van der Waals surface area contributed by atoms with Gasteiger partial charge in [0.2, 0.25) is 0 Å². The standard InChI is InChI=1S/C19H18FN5O2S/c1-25-10-7-17(23-25)28(27)24-19(26)22-18-14-4-2-3-13(14)16(20)11-15(18)12-5-8-21-9-6-12/h5-11H,2-4H2,1H3,(H2,22,24,26). The molecule has 0 saturated carbocycles. The van der Waals surface area contributed by atoms with Crippen molar-refractivity contribution in [3.63, 3.8) is 0 Å². The van der Waals surface area contributed by atoms with Gasteiger partial charge in [-0.15, -0.1) is 0 Å². The molecule has 144 valence electrons. The fraction of sp³-hybridized carbons (Fsp3) is 0.211. The topological polar surface area (TPSA) is 88.9 Å². The number of aromatic nitrogens is 3. The lowest BCUT2D eigenvalue weighted by Gasteiger charge is -2.17. The number of nitrogens with zero attached hydrogens (tertiary/aromatic N) is 3.